The van der Waals surface area contributed by atoms with Gasteiger partial charge in [-0.15, -0.1) is 0 Å². The molecule has 0 aliphatic heterocycles. The van der Waals surface area contributed by atoms with Crippen LogP contribution < -0.4 is 20.6 Å². The Morgan fingerprint density at radius 3 is 2.52 bits per heavy atom. The lowest BCUT2D eigenvalue weighted by atomic mass is 10.2. The lowest BCUT2D eigenvalue weighted by Gasteiger charge is -2.05. The van der Waals surface area contributed by atoms with Crippen molar-refractivity contribution < 1.29 is 23.1 Å². The van der Waals surface area contributed by atoms with Crippen molar-refractivity contribution in [2.75, 3.05) is 12.4 Å². The third kappa shape index (κ3) is 5.19. The summed E-state index contributed by atoms with van der Waals surface area (Å²) in [4.78, 5) is 11.7. The fourth-order valence-electron chi connectivity index (χ4n) is 1.83. The number of carbonyl (C=O) groups excluding carboxylic acids is 1. The summed E-state index contributed by atoms with van der Waals surface area (Å²) in [5.41, 5.74) is 3.22. The highest BCUT2D eigenvalue weighted by molar-refractivity contribution is 7.89. The largest absolute Gasteiger partial charge is 0.504 e. The van der Waals surface area contributed by atoms with Crippen LogP contribution in [0.1, 0.15) is 5.56 Å². The first kappa shape index (κ1) is 18.2. The van der Waals surface area contributed by atoms with Crippen molar-refractivity contribution >= 4 is 28.0 Å². The second-order valence-corrected chi connectivity index (χ2v) is 6.39. The van der Waals surface area contributed by atoms with Crippen LogP contribution in [0.3, 0.4) is 0 Å². The molecule has 0 heterocycles. The molecular formula is C15H16N4O5S. The van der Waals surface area contributed by atoms with Gasteiger partial charge in [0.1, 0.15) is 0 Å². The van der Waals surface area contributed by atoms with Gasteiger partial charge in [0.25, 0.3) is 0 Å². The zero-order chi connectivity index (χ0) is 18.4. The maximum atomic E-state index is 11.7. The number of hydrogen-bond acceptors (Lipinski definition) is 6. The lowest BCUT2D eigenvalue weighted by molar-refractivity contribution is 0.252. The molecule has 2 aromatic carbocycles. The number of hydrogen-bond donors (Lipinski definition) is 4. The predicted molar refractivity (Wildman–Crippen MR) is 92.2 cm³/mol. The van der Waals surface area contributed by atoms with Gasteiger partial charge < -0.3 is 15.2 Å². The first-order chi connectivity index (χ1) is 11.8. The quantitative estimate of drug-likeness (QED) is 0.466. The number of hydrazone groups is 1. The fourth-order valence-corrected chi connectivity index (χ4v) is 2.34. The van der Waals surface area contributed by atoms with Crippen LogP contribution in [0.25, 0.3) is 0 Å². The number of methoxy groups -OCH3 is 1. The molecule has 0 spiro atoms. The van der Waals surface area contributed by atoms with E-state index < -0.39 is 16.1 Å². The number of nitrogens with zero attached hydrogens (tertiary/aromatic N) is 1. The summed E-state index contributed by atoms with van der Waals surface area (Å²) >= 11 is 0. The van der Waals surface area contributed by atoms with Crippen LogP contribution >= 0.6 is 0 Å². The maximum Gasteiger partial charge on any atom is 0.339 e. The molecule has 0 atom stereocenters. The van der Waals surface area contributed by atoms with Crippen molar-refractivity contribution in [3.63, 3.8) is 0 Å². The van der Waals surface area contributed by atoms with Crippen molar-refractivity contribution in [3.8, 4) is 11.5 Å². The van der Waals surface area contributed by atoms with E-state index in [0.717, 1.165) is 0 Å². The number of aromatic hydroxyl groups is 1. The van der Waals surface area contributed by atoms with E-state index in [-0.39, 0.29) is 16.4 Å². The number of amides is 2. The zero-order valence-corrected chi connectivity index (χ0v) is 13.9. The molecule has 0 aliphatic carbocycles. The second kappa shape index (κ2) is 7.64. The molecule has 0 fully saturated rings. The smallest absolute Gasteiger partial charge is 0.339 e. The maximum absolute atomic E-state index is 11.7. The number of benzene rings is 2. The number of phenols is 1. The molecule has 0 aromatic heterocycles. The van der Waals surface area contributed by atoms with Crippen molar-refractivity contribution in [2.45, 2.75) is 4.90 Å². The molecule has 2 rings (SSSR count). The highest BCUT2D eigenvalue weighted by Gasteiger charge is 2.07. The van der Waals surface area contributed by atoms with Gasteiger partial charge in [-0.05, 0) is 48.0 Å². The molecule has 25 heavy (non-hydrogen) atoms. The molecule has 9 nitrogen and oxygen atoms in total. The summed E-state index contributed by atoms with van der Waals surface area (Å²) in [5.74, 6) is 0.275. The second-order valence-electron chi connectivity index (χ2n) is 4.82. The Morgan fingerprint density at radius 2 is 1.92 bits per heavy atom. The minimum atomic E-state index is -3.78. The van der Waals surface area contributed by atoms with Gasteiger partial charge in [0, 0.05) is 5.69 Å². The number of urea groups is 1. The van der Waals surface area contributed by atoms with Gasteiger partial charge in [-0.1, -0.05) is 0 Å². The van der Waals surface area contributed by atoms with Crippen LogP contribution in [0.15, 0.2) is 52.5 Å². The van der Waals surface area contributed by atoms with E-state index in [0.29, 0.717) is 11.3 Å². The number of primary sulfonamides is 1. The molecule has 2 amide bonds. The summed E-state index contributed by atoms with van der Waals surface area (Å²) in [6.07, 6.45) is 1.37. The van der Waals surface area contributed by atoms with Gasteiger partial charge in [-0.25, -0.2) is 23.8 Å². The topological polar surface area (TPSA) is 143 Å². The Balaban J connectivity index is 1.94. The number of nitrogens with one attached hydrogen (secondary N) is 2. The van der Waals surface area contributed by atoms with E-state index in [2.05, 4.69) is 15.8 Å². The Hall–Kier alpha value is -3.11. The molecule has 0 bridgehead atoms. The van der Waals surface area contributed by atoms with Gasteiger partial charge in [0.2, 0.25) is 10.0 Å². The molecule has 132 valence electrons. The Morgan fingerprint density at radius 1 is 1.24 bits per heavy atom. The van der Waals surface area contributed by atoms with Crippen molar-refractivity contribution in [2.24, 2.45) is 10.2 Å². The molecule has 0 unspecified atom stereocenters. The average molecular weight is 364 g/mol. The molecule has 10 heteroatoms. The molecule has 0 saturated heterocycles. The number of nitrogens with two attached hydrogens (primary N) is 1. The summed E-state index contributed by atoms with van der Waals surface area (Å²) in [6.45, 7) is 0. The SMILES string of the molecule is COc1cc(/C=N/NC(=O)Nc2ccc(S(N)(=O)=O)cc2)ccc1O. The normalized spacial score (nSPS) is 11.3. The summed E-state index contributed by atoms with van der Waals surface area (Å²) < 4.78 is 27.2. The van der Waals surface area contributed by atoms with E-state index in [1.54, 1.807) is 12.1 Å². The number of phenolic OH excluding ortho intramolecular Hbond substituents is 1. The van der Waals surface area contributed by atoms with Crippen LogP contribution in [0.5, 0.6) is 11.5 Å². The van der Waals surface area contributed by atoms with Gasteiger partial charge in [0.05, 0.1) is 18.2 Å². The number of ether oxygens (including phenoxy) is 1. The number of anilines is 1. The van der Waals surface area contributed by atoms with Crippen molar-refractivity contribution in [1.82, 2.24) is 5.43 Å². The first-order valence-corrected chi connectivity index (χ1v) is 8.44. The Kier molecular flexibility index (Phi) is 5.57. The molecule has 2 aromatic rings. The zero-order valence-electron chi connectivity index (χ0n) is 13.1. The fraction of sp³-hybridized carbons (Fsp3) is 0.0667. The van der Waals surface area contributed by atoms with E-state index in [4.69, 9.17) is 9.88 Å². The molecule has 0 radical (unpaired) electrons. The van der Waals surface area contributed by atoms with Crippen LogP contribution in [-0.4, -0.2) is 32.9 Å². The Bertz CT molecular complexity index is 895. The van der Waals surface area contributed by atoms with E-state index in [1.165, 1.54) is 43.7 Å². The first-order valence-electron chi connectivity index (χ1n) is 6.89. The molecule has 5 N–H and O–H groups in total. The van der Waals surface area contributed by atoms with Gasteiger partial charge in [-0.2, -0.15) is 5.10 Å². The minimum absolute atomic E-state index is 0.00621. The highest BCUT2D eigenvalue weighted by atomic mass is 32.2. The van der Waals surface area contributed by atoms with E-state index in [9.17, 15) is 18.3 Å². The van der Waals surface area contributed by atoms with Crippen molar-refractivity contribution in [3.05, 3.63) is 48.0 Å². The monoisotopic (exact) mass is 364 g/mol. The van der Waals surface area contributed by atoms with Crippen LogP contribution in [-0.2, 0) is 10.0 Å². The lowest BCUT2D eigenvalue weighted by Crippen LogP contribution is -2.24. The standard InChI is InChI=1S/C15H16N4O5S/c1-24-14-8-10(2-7-13(14)20)9-17-19-15(21)18-11-3-5-12(6-4-11)25(16,22)23/h2-9,20H,1H3,(H2,16,22,23)(H2,18,19,21)/b17-9+. The molecule has 0 aliphatic rings. The minimum Gasteiger partial charge on any atom is -0.504 e. The van der Waals surface area contributed by atoms with Crippen LogP contribution in [0, 0.1) is 0 Å². The number of carbonyl (C=O) groups is 1. The van der Waals surface area contributed by atoms with E-state index in [1.807, 2.05) is 0 Å². The summed E-state index contributed by atoms with van der Waals surface area (Å²) in [6, 6.07) is 9.30. The third-order valence-corrected chi connectivity index (χ3v) is 3.95. The molecule has 0 saturated carbocycles. The van der Waals surface area contributed by atoms with E-state index >= 15 is 0 Å². The van der Waals surface area contributed by atoms with Crippen LogP contribution in [0.2, 0.25) is 0 Å². The highest BCUT2D eigenvalue weighted by Crippen LogP contribution is 2.25. The summed E-state index contributed by atoms with van der Waals surface area (Å²) in [7, 11) is -2.36. The Labute approximate surface area is 144 Å². The van der Waals surface area contributed by atoms with Crippen LogP contribution in [0.4, 0.5) is 10.5 Å². The summed E-state index contributed by atoms with van der Waals surface area (Å²) in [5, 5.41) is 20.7. The number of sulfonamides is 1. The number of rotatable bonds is 5. The van der Waals surface area contributed by atoms with Gasteiger partial charge in [0.15, 0.2) is 11.5 Å². The predicted octanol–water partition coefficient (Wildman–Crippen LogP) is 1.20. The average Bonchev–Trinajstić information content (AvgIpc) is 2.56. The van der Waals surface area contributed by atoms with Crippen molar-refractivity contribution in [1.29, 1.82) is 0 Å². The third-order valence-electron chi connectivity index (χ3n) is 3.02. The van der Waals surface area contributed by atoms with Gasteiger partial charge >= 0.3 is 6.03 Å². The van der Waals surface area contributed by atoms with Gasteiger partial charge in [-0.3, -0.25) is 0 Å². The molecular weight excluding hydrogens is 348 g/mol.